The van der Waals surface area contributed by atoms with Crippen LogP contribution in [-0.2, 0) is 48.0 Å². The summed E-state index contributed by atoms with van der Waals surface area (Å²) in [5, 5.41) is 34.2. The zero-order valence-corrected chi connectivity index (χ0v) is 23.5. The van der Waals surface area contributed by atoms with E-state index in [0.29, 0.717) is 58.2 Å². The van der Waals surface area contributed by atoms with Gasteiger partial charge in [0.2, 0.25) is 17.7 Å². The van der Waals surface area contributed by atoms with Crippen LogP contribution in [0.5, 0.6) is 0 Å². The minimum absolute atomic E-state index is 0.303. The van der Waals surface area contributed by atoms with Gasteiger partial charge in [-0.2, -0.15) is 0 Å². The van der Waals surface area contributed by atoms with Gasteiger partial charge in [-0.15, -0.1) is 0 Å². The van der Waals surface area contributed by atoms with E-state index in [1.165, 1.54) is 0 Å². The third kappa shape index (κ3) is 15.6. The molecule has 0 radical (unpaired) electrons. The zero-order valence-electron chi connectivity index (χ0n) is 23.5. The second-order valence-electron chi connectivity index (χ2n) is 9.95. The molecular formula is C27H42N6O9. The third-order valence-electron chi connectivity index (χ3n) is 6.13. The third-order valence-corrected chi connectivity index (χ3v) is 6.13. The van der Waals surface area contributed by atoms with E-state index in [9.17, 15) is 28.8 Å². The maximum atomic E-state index is 11.9. The van der Waals surface area contributed by atoms with E-state index in [4.69, 9.17) is 32.5 Å². The standard InChI is InChI=1S/C27H42N6O9/c28-19(13-22(34)35)25(40)31-7-1-4-16-10-17(5-2-8-32-26(41)20(29)14-23(36)37)12-18(11-16)6-3-9-33-27(42)21(30)15-24(38)39/h10-12,19-21H,1-9,13-15,28-30H2,(H,31,40)(H,32,41)(H,33,42)(H,34,35)(H,36,37)(H,38,39)/t19-,20-,21-/m0/s1. The SMILES string of the molecule is N[C@@H](CC(=O)O)C(=O)NCCCc1cc(CCCNC(=O)[C@@H](N)CC(=O)O)cc(CCCNC(=O)[C@@H](N)CC(=O)O)c1. The first kappa shape index (κ1) is 35.9. The highest BCUT2D eigenvalue weighted by Gasteiger charge is 2.18. The molecule has 0 spiro atoms. The number of rotatable bonds is 21. The van der Waals surface area contributed by atoms with Crippen LogP contribution in [0, 0.1) is 0 Å². The highest BCUT2D eigenvalue weighted by molar-refractivity contribution is 5.86. The summed E-state index contributed by atoms with van der Waals surface area (Å²) in [6.07, 6.45) is 2.15. The van der Waals surface area contributed by atoms with Crippen molar-refractivity contribution in [2.24, 2.45) is 17.2 Å². The lowest BCUT2D eigenvalue weighted by molar-refractivity contribution is -0.139. The van der Waals surface area contributed by atoms with Gasteiger partial charge >= 0.3 is 17.9 Å². The van der Waals surface area contributed by atoms with E-state index < -0.39 is 73.0 Å². The summed E-state index contributed by atoms with van der Waals surface area (Å²) in [7, 11) is 0. The van der Waals surface area contributed by atoms with Crippen molar-refractivity contribution in [1.82, 2.24) is 16.0 Å². The molecule has 234 valence electrons. The molecule has 0 aliphatic carbocycles. The minimum Gasteiger partial charge on any atom is -0.481 e. The minimum atomic E-state index is -1.16. The Bertz CT molecular complexity index is 952. The van der Waals surface area contributed by atoms with Gasteiger partial charge < -0.3 is 48.5 Å². The number of aliphatic carboxylic acids is 3. The number of carboxylic acids is 3. The highest BCUT2D eigenvalue weighted by Crippen LogP contribution is 2.16. The lowest BCUT2D eigenvalue weighted by Crippen LogP contribution is -2.42. The second-order valence-corrected chi connectivity index (χ2v) is 9.95. The summed E-state index contributed by atoms with van der Waals surface area (Å²) in [6.45, 7) is 0.908. The van der Waals surface area contributed by atoms with Crippen molar-refractivity contribution < 1.29 is 44.1 Å². The van der Waals surface area contributed by atoms with E-state index in [2.05, 4.69) is 16.0 Å². The van der Waals surface area contributed by atoms with Crippen LogP contribution in [0.3, 0.4) is 0 Å². The van der Waals surface area contributed by atoms with Crippen molar-refractivity contribution >= 4 is 35.6 Å². The molecule has 0 aromatic heterocycles. The predicted molar refractivity (Wildman–Crippen MR) is 151 cm³/mol. The predicted octanol–water partition coefficient (Wildman–Crippen LogP) is -1.76. The van der Waals surface area contributed by atoms with Gasteiger partial charge in [0, 0.05) is 19.6 Å². The van der Waals surface area contributed by atoms with Gasteiger partial charge in [-0.3, -0.25) is 28.8 Å². The molecule has 0 aliphatic heterocycles. The van der Waals surface area contributed by atoms with Gasteiger partial charge in [0.25, 0.3) is 0 Å². The van der Waals surface area contributed by atoms with Gasteiger partial charge in [0.05, 0.1) is 37.4 Å². The fourth-order valence-corrected chi connectivity index (χ4v) is 4.02. The highest BCUT2D eigenvalue weighted by atomic mass is 16.4. The van der Waals surface area contributed by atoms with Crippen molar-refractivity contribution in [1.29, 1.82) is 0 Å². The lowest BCUT2D eigenvalue weighted by atomic mass is 9.97. The Labute approximate surface area is 243 Å². The molecular weight excluding hydrogens is 552 g/mol. The molecule has 1 aromatic rings. The molecule has 0 aliphatic rings. The quantitative estimate of drug-likeness (QED) is 0.0716. The molecule has 1 rings (SSSR count). The summed E-state index contributed by atoms with van der Waals surface area (Å²) in [5.41, 5.74) is 19.7. The molecule has 42 heavy (non-hydrogen) atoms. The molecule has 0 saturated heterocycles. The first-order valence-electron chi connectivity index (χ1n) is 13.7. The average Bonchev–Trinajstić information content (AvgIpc) is 2.89. The first-order chi connectivity index (χ1) is 19.8. The number of hydrogen-bond acceptors (Lipinski definition) is 9. The Hall–Kier alpha value is -4.08. The molecule has 0 saturated carbocycles. The number of carbonyl (C=O) groups is 6. The van der Waals surface area contributed by atoms with Gasteiger partial charge in [0.15, 0.2) is 0 Å². The van der Waals surface area contributed by atoms with E-state index in [1.54, 1.807) is 0 Å². The van der Waals surface area contributed by atoms with Crippen LogP contribution < -0.4 is 33.2 Å². The number of carboxylic acid groups (broad SMARTS) is 3. The maximum Gasteiger partial charge on any atom is 0.305 e. The summed E-state index contributed by atoms with van der Waals surface area (Å²) in [6, 6.07) is 2.63. The van der Waals surface area contributed by atoms with E-state index in [-0.39, 0.29) is 0 Å². The molecule has 1 aromatic carbocycles. The van der Waals surface area contributed by atoms with Crippen molar-refractivity contribution in [2.75, 3.05) is 19.6 Å². The smallest absolute Gasteiger partial charge is 0.305 e. The van der Waals surface area contributed by atoms with Crippen LogP contribution in [0.1, 0.15) is 55.2 Å². The summed E-state index contributed by atoms with van der Waals surface area (Å²) in [5.74, 6) is -5.10. The van der Waals surface area contributed by atoms with Crippen LogP contribution in [-0.4, -0.2) is 88.7 Å². The number of nitrogens with two attached hydrogens (primary N) is 3. The molecule has 3 amide bonds. The molecule has 0 bridgehead atoms. The Morgan fingerprint density at radius 3 is 0.976 bits per heavy atom. The Balaban J connectivity index is 2.73. The number of hydrogen-bond donors (Lipinski definition) is 9. The Kier molecular flexibility index (Phi) is 16.4. The molecule has 15 heteroatoms. The van der Waals surface area contributed by atoms with Gasteiger partial charge in [-0.05, 0) is 55.2 Å². The summed E-state index contributed by atoms with van der Waals surface area (Å²) in [4.78, 5) is 68.0. The second kappa shape index (κ2) is 19.1. The van der Waals surface area contributed by atoms with Crippen LogP contribution in [0.4, 0.5) is 0 Å². The van der Waals surface area contributed by atoms with Crippen LogP contribution in [0.2, 0.25) is 0 Å². The molecule has 0 fully saturated rings. The lowest BCUT2D eigenvalue weighted by Gasteiger charge is -2.13. The van der Waals surface area contributed by atoms with E-state index in [1.807, 2.05) is 18.2 Å². The van der Waals surface area contributed by atoms with Crippen LogP contribution in [0.15, 0.2) is 18.2 Å². The van der Waals surface area contributed by atoms with Crippen LogP contribution in [0.25, 0.3) is 0 Å². The number of benzene rings is 1. The largest absolute Gasteiger partial charge is 0.481 e. The molecule has 0 heterocycles. The van der Waals surface area contributed by atoms with Crippen LogP contribution >= 0.6 is 0 Å². The number of amides is 3. The fourth-order valence-electron chi connectivity index (χ4n) is 4.02. The summed E-state index contributed by atoms with van der Waals surface area (Å²) < 4.78 is 0. The molecule has 0 unspecified atom stereocenters. The zero-order chi connectivity index (χ0) is 31.7. The maximum absolute atomic E-state index is 11.9. The average molecular weight is 595 g/mol. The van der Waals surface area contributed by atoms with Crippen molar-refractivity contribution in [3.63, 3.8) is 0 Å². The Morgan fingerprint density at radius 1 is 0.524 bits per heavy atom. The summed E-state index contributed by atoms with van der Waals surface area (Å²) >= 11 is 0. The van der Waals surface area contributed by atoms with Gasteiger partial charge in [-0.1, -0.05) is 18.2 Å². The van der Waals surface area contributed by atoms with Gasteiger partial charge in [0.1, 0.15) is 0 Å². The first-order valence-corrected chi connectivity index (χ1v) is 13.7. The number of carbonyl (C=O) groups excluding carboxylic acids is 3. The van der Waals surface area contributed by atoms with Crippen molar-refractivity contribution in [3.05, 3.63) is 34.9 Å². The molecule has 15 nitrogen and oxygen atoms in total. The topological polar surface area (TPSA) is 277 Å². The van der Waals surface area contributed by atoms with E-state index in [0.717, 1.165) is 16.7 Å². The number of aryl methyl sites for hydroxylation is 3. The van der Waals surface area contributed by atoms with Crippen molar-refractivity contribution in [3.8, 4) is 0 Å². The fraction of sp³-hybridized carbons (Fsp3) is 0.556. The van der Waals surface area contributed by atoms with Crippen molar-refractivity contribution in [2.45, 2.75) is 75.9 Å². The van der Waals surface area contributed by atoms with Gasteiger partial charge in [-0.25, -0.2) is 0 Å². The van der Waals surface area contributed by atoms with E-state index >= 15 is 0 Å². The number of nitrogens with one attached hydrogen (secondary N) is 3. The molecule has 12 N–H and O–H groups in total. The Morgan fingerprint density at radius 2 is 0.762 bits per heavy atom. The normalized spacial score (nSPS) is 12.9. The molecule has 3 atom stereocenters. The monoisotopic (exact) mass is 594 g/mol.